The Kier molecular flexibility index (Phi) is 2.21. The summed E-state index contributed by atoms with van der Waals surface area (Å²) in [6.07, 6.45) is 9.36. The fraction of sp³-hybridized carbons (Fsp3) is 0.400. The van der Waals surface area contributed by atoms with Gasteiger partial charge in [-0.15, -0.1) is 0 Å². The summed E-state index contributed by atoms with van der Waals surface area (Å²) in [6.45, 7) is 0. The lowest BCUT2D eigenvalue weighted by Gasteiger charge is -2.23. The van der Waals surface area contributed by atoms with E-state index in [-0.39, 0.29) is 0 Å². The predicted molar refractivity (Wildman–Crippen MR) is 83.3 cm³/mol. The zero-order chi connectivity index (χ0) is 13.1. The van der Waals surface area contributed by atoms with Crippen LogP contribution in [-0.2, 0) is 19.3 Å². The third kappa shape index (κ3) is 1.37. The second-order valence-corrected chi connectivity index (χ2v) is 6.74. The van der Waals surface area contributed by atoms with Crippen LogP contribution < -0.4 is 0 Å². The first-order valence-corrected chi connectivity index (χ1v) is 8.19. The highest BCUT2D eigenvalue weighted by atomic mass is 14.4. The number of benzene rings is 2. The van der Waals surface area contributed by atoms with Crippen molar-refractivity contribution in [3.63, 3.8) is 0 Å². The Morgan fingerprint density at radius 1 is 0.750 bits per heavy atom. The smallest absolute Gasteiger partial charge is 0.0105 e. The van der Waals surface area contributed by atoms with Crippen LogP contribution in [-0.4, -0.2) is 0 Å². The zero-order valence-corrected chi connectivity index (χ0v) is 11.9. The van der Waals surface area contributed by atoms with Crippen molar-refractivity contribution in [3.8, 4) is 11.1 Å². The molecular weight excluding hydrogens is 240 g/mol. The van der Waals surface area contributed by atoms with Crippen molar-refractivity contribution in [2.75, 3.05) is 0 Å². The Morgan fingerprint density at radius 3 is 2.45 bits per heavy atom. The van der Waals surface area contributed by atoms with Crippen LogP contribution in [0.3, 0.4) is 0 Å². The molecule has 0 bridgehead atoms. The Morgan fingerprint density at radius 2 is 1.55 bits per heavy atom. The van der Waals surface area contributed by atoms with E-state index in [1.165, 1.54) is 44.9 Å². The second kappa shape index (κ2) is 3.97. The molecule has 3 aliphatic rings. The average Bonchev–Trinajstić information content (AvgIpc) is 2.82. The molecule has 0 radical (unpaired) electrons. The molecule has 0 spiro atoms. The molecule has 1 atom stereocenters. The van der Waals surface area contributed by atoms with Gasteiger partial charge in [0.15, 0.2) is 0 Å². The third-order valence-electron chi connectivity index (χ3n) is 5.66. The van der Waals surface area contributed by atoms with Gasteiger partial charge >= 0.3 is 0 Å². The number of hydrogen-bond donors (Lipinski definition) is 0. The maximum absolute atomic E-state index is 2.57. The summed E-state index contributed by atoms with van der Waals surface area (Å²) >= 11 is 0. The monoisotopic (exact) mass is 260 g/mol. The Labute approximate surface area is 120 Å². The maximum atomic E-state index is 2.57. The van der Waals surface area contributed by atoms with Crippen LogP contribution >= 0.6 is 0 Å². The third-order valence-corrected chi connectivity index (χ3v) is 5.66. The molecule has 0 heteroatoms. The van der Waals surface area contributed by atoms with E-state index in [1.807, 2.05) is 0 Å². The minimum Gasteiger partial charge on any atom is -0.0614 e. The average molecular weight is 260 g/mol. The quantitative estimate of drug-likeness (QED) is 0.624. The van der Waals surface area contributed by atoms with Crippen LogP contribution in [0.4, 0.5) is 0 Å². The predicted octanol–water partition coefficient (Wildman–Crippen LogP) is 5.01. The van der Waals surface area contributed by atoms with Crippen molar-refractivity contribution in [2.45, 2.75) is 50.9 Å². The van der Waals surface area contributed by atoms with Gasteiger partial charge in [-0.05, 0) is 83.9 Å². The molecule has 3 aliphatic carbocycles. The summed E-state index contributed by atoms with van der Waals surface area (Å²) in [5.41, 5.74) is 11.3. The number of fused-ring (bicyclic) bond motifs is 4. The van der Waals surface area contributed by atoms with Gasteiger partial charge in [-0.25, -0.2) is 0 Å². The molecule has 5 rings (SSSR count). The molecule has 2 aromatic rings. The van der Waals surface area contributed by atoms with E-state index in [0.717, 1.165) is 0 Å². The van der Waals surface area contributed by atoms with Crippen molar-refractivity contribution < 1.29 is 0 Å². The topological polar surface area (TPSA) is 0 Å². The molecular formula is C20H20. The molecule has 1 unspecified atom stereocenters. The summed E-state index contributed by atoms with van der Waals surface area (Å²) in [5.74, 6) is 0.706. The van der Waals surface area contributed by atoms with E-state index >= 15 is 0 Å². The molecule has 0 nitrogen and oxygen atoms in total. The molecule has 0 aliphatic heterocycles. The minimum atomic E-state index is 0.706. The molecule has 0 amide bonds. The lowest BCUT2D eigenvalue weighted by Crippen LogP contribution is -2.08. The van der Waals surface area contributed by atoms with E-state index in [9.17, 15) is 0 Å². The van der Waals surface area contributed by atoms with Gasteiger partial charge in [-0.1, -0.05) is 30.3 Å². The molecule has 20 heavy (non-hydrogen) atoms. The van der Waals surface area contributed by atoms with Gasteiger partial charge < -0.3 is 0 Å². The first kappa shape index (κ1) is 11.1. The fourth-order valence-corrected chi connectivity index (χ4v) is 4.76. The van der Waals surface area contributed by atoms with E-state index in [1.54, 1.807) is 38.9 Å². The summed E-state index contributed by atoms with van der Waals surface area (Å²) < 4.78 is 0. The molecule has 0 aromatic heterocycles. The normalized spacial score (nSPS) is 22.1. The van der Waals surface area contributed by atoms with Crippen molar-refractivity contribution in [1.82, 2.24) is 0 Å². The van der Waals surface area contributed by atoms with Crippen LogP contribution in [0.1, 0.15) is 59.4 Å². The summed E-state index contributed by atoms with van der Waals surface area (Å²) in [7, 11) is 0. The fourth-order valence-electron chi connectivity index (χ4n) is 4.76. The standard InChI is InChI=1S/C20H20/c1-2-6-15-12-19-17-10-4-8-13-7-3-9-16(20(13)17)18(19)11-14(15)5-1/h3,7,9,11-12,17H,1-2,4-6,8,10H2. The van der Waals surface area contributed by atoms with E-state index in [4.69, 9.17) is 0 Å². The summed E-state index contributed by atoms with van der Waals surface area (Å²) in [6, 6.07) is 12.1. The van der Waals surface area contributed by atoms with E-state index in [2.05, 4.69) is 30.3 Å². The second-order valence-electron chi connectivity index (χ2n) is 6.74. The van der Waals surface area contributed by atoms with Crippen LogP contribution in [0.5, 0.6) is 0 Å². The first-order valence-electron chi connectivity index (χ1n) is 8.19. The van der Waals surface area contributed by atoms with Crippen molar-refractivity contribution in [2.24, 2.45) is 0 Å². The molecule has 0 saturated carbocycles. The van der Waals surface area contributed by atoms with E-state index < -0.39 is 0 Å². The minimum absolute atomic E-state index is 0.706. The Balaban J connectivity index is 1.80. The Bertz CT molecular complexity index is 708. The van der Waals surface area contributed by atoms with Gasteiger partial charge in [0.2, 0.25) is 0 Å². The number of rotatable bonds is 0. The van der Waals surface area contributed by atoms with Gasteiger partial charge in [0.25, 0.3) is 0 Å². The van der Waals surface area contributed by atoms with Gasteiger partial charge in [0.05, 0.1) is 0 Å². The molecule has 2 aromatic carbocycles. The van der Waals surface area contributed by atoms with Crippen LogP contribution in [0.2, 0.25) is 0 Å². The van der Waals surface area contributed by atoms with Gasteiger partial charge in [-0.3, -0.25) is 0 Å². The molecule has 0 saturated heterocycles. The van der Waals surface area contributed by atoms with Crippen LogP contribution in [0.15, 0.2) is 30.3 Å². The van der Waals surface area contributed by atoms with Crippen LogP contribution in [0.25, 0.3) is 11.1 Å². The molecule has 0 N–H and O–H groups in total. The highest BCUT2D eigenvalue weighted by Crippen LogP contribution is 2.51. The van der Waals surface area contributed by atoms with E-state index in [0.29, 0.717) is 5.92 Å². The van der Waals surface area contributed by atoms with Crippen molar-refractivity contribution in [3.05, 3.63) is 58.1 Å². The summed E-state index contributed by atoms with van der Waals surface area (Å²) in [4.78, 5) is 0. The number of hydrogen-bond acceptors (Lipinski definition) is 0. The largest absolute Gasteiger partial charge is 0.0614 e. The maximum Gasteiger partial charge on any atom is 0.0105 e. The molecule has 100 valence electrons. The van der Waals surface area contributed by atoms with Crippen molar-refractivity contribution >= 4 is 0 Å². The van der Waals surface area contributed by atoms with Gasteiger partial charge in [0, 0.05) is 5.92 Å². The van der Waals surface area contributed by atoms with Crippen molar-refractivity contribution in [1.29, 1.82) is 0 Å². The van der Waals surface area contributed by atoms with Gasteiger partial charge in [0.1, 0.15) is 0 Å². The number of aryl methyl sites for hydroxylation is 3. The first-order chi connectivity index (χ1) is 9.92. The van der Waals surface area contributed by atoms with Gasteiger partial charge in [-0.2, -0.15) is 0 Å². The Hall–Kier alpha value is -1.56. The van der Waals surface area contributed by atoms with Crippen LogP contribution in [0, 0.1) is 0 Å². The zero-order valence-electron chi connectivity index (χ0n) is 11.9. The summed E-state index contributed by atoms with van der Waals surface area (Å²) in [5, 5.41) is 0. The highest BCUT2D eigenvalue weighted by Gasteiger charge is 2.33. The SMILES string of the molecule is c1cc2c3c(c1)-c1cc4c(cc1C3CCC2)CCCC4. The lowest BCUT2D eigenvalue weighted by molar-refractivity contribution is 0.624. The highest BCUT2D eigenvalue weighted by molar-refractivity contribution is 5.81. The molecule has 0 heterocycles. The molecule has 0 fully saturated rings. The lowest BCUT2D eigenvalue weighted by atomic mass is 9.81.